The number of thioether (sulfide) groups is 1. The van der Waals surface area contributed by atoms with Crippen LogP contribution < -0.4 is 0 Å². The van der Waals surface area contributed by atoms with Crippen LogP contribution in [0.3, 0.4) is 0 Å². The van der Waals surface area contributed by atoms with Crippen molar-refractivity contribution < 1.29 is 13.3 Å². The van der Waals surface area contributed by atoms with Gasteiger partial charge in [0.1, 0.15) is 0 Å². The van der Waals surface area contributed by atoms with E-state index in [1.807, 2.05) is 32.5 Å². The summed E-state index contributed by atoms with van der Waals surface area (Å²) in [5, 5.41) is 0. The molecule has 0 aromatic carbocycles. The Kier molecular flexibility index (Phi) is 6.22. The quantitative estimate of drug-likeness (QED) is 0.649. The van der Waals surface area contributed by atoms with E-state index in [0.717, 1.165) is 0 Å². The highest BCUT2D eigenvalue weighted by Crippen LogP contribution is 2.35. The van der Waals surface area contributed by atoms with Gasteiger partial charge < -0.3 is 13.3 Å². The zero-order valence-electron chi connectivity index (χ0n) is 9.95. The molecule has 0 radical (unpaired) electrons. The van der Waals surface area contributed by atoms with Crippen LogP contribution in [0.1, 0.15) is 33.6 Å². The molecule has 1 fully saturated rings. The summed E-state index contributed by atoms with van der Waals surface area (Å²) in [5.41, 5.74) is 0. The van der Waals surface area contributed by atoms with E-state index in [1.54, 1.807) is 0 Å². The smallest absolute Gasteiger partial charge is 0.373 e. The fourth-order valence-corrected chi connectivity index (χ4v) is 7.17. The van der Waals surface area contributed by atoms with Gasteiger partial charge in [0.05, 0.1) is 4.87 Å². The van der Waals surface area contributed by atoms with Gasteiger partial charge in [-0.3, -0.25) is 0 Å². The van der Waals surface area contributed by atoms with E-state index < -0.39 is 8.80 Å². The van der Waals surface area contributed by atoms with Crippen molar-refractivity contribution in [2.75, 3.05) is 25.6 Å². The minimum atomic E-state index is -2.40. The Labute approximate surface area is 98.2 Å². The highest BCUT2D eigenvalue weighted by Gasteiger charge is 2.50. The van der Waals surface area contributed by atoms with Crippen LogP contribution >= 0.6 is 11.8 Å². The zero-order valence-corrected chi connectivity index (χ0v) is 11.8. The van der Waals surface area contributed by atoms with Gasteiger partial charge >= 0.3 is 8.80 Å². The summed E-state index contributed by atoms with van der Waals surface area (Å²) in [6, 6.07) is 0. The monoisotopic (exact) mass is 250 g/mol. The second kappa shape index (κ2) is 6.91. The van der Waals surface area contributed by atoms with Crippen molar-refractivity contribution in [3.05, 3.63) is 0 Å². The van der Waals surface area contributed by atoms with Crippen molar-refractivity contribution in [3.63, 3.8) is 0 Å². The lowest BCUT2D eigenvalue weighted by Crippen LogP contribution is -2.54. The molecule has 1 unspecified atom stereocenters. The van der Waals surface area contributed by atoms with Gasteiger partial charge in [0.2, 0.25) is 0 Å². The lowest BCUT2D eigenvalue weighted by molar-refractivity contribution is 0.0693. The van der Waals surface area contributed by atoms with E-state index in [9.17, 15) is 0 Å². The topological polar surface area (TPSA) is 27.7 Å². The summed E-state index contributed by atoms with van der Waals surface area (Å²) in [7, 11) is -2.40. The summed E-state index contributed by atoms with van der Waals surface area (Å²) >= 11 is 1.96. The molecule has 0 aromatic rings. The van der Waals surface area contributed by atoms with Crippen LogP contribution in [0, 0.1) is 0 Å². The predicted octanol–water partition coefficient (Wildman–Crippen LogP) is 2.47. The van der Waals surface area contributed by atoms with Crippen LogP contribution in [-0.4, -0.2) is 39.3 Å². The van der Waals surface area contributed by atoms with Gasteiger partial charge in [0, 0.05) is 19.8 Å². The molecule has 1 aliphatic rings. The molecule has 1 aliphatic heterocycles. The molecule has 1 heterocycles. The first-order valence-electron chi connectivity index (χ1n) is 5.82. The highest BCUT2D eigenvalue weighted by molar-refractivity contribution is 8.01. The lowest BCUT2D eigenvalue weighted by atomic mass is 10.4. The first-order valence-corrected chi connectivity index (χ1v) is 8.67. The molecule has 1 atom stereocenters. The van der Waals surface area contributed by atoms with E-state index in [2.05, 4.69) is 0 Å². The Morgan fingerprint density at radius 2 is 1.60 bits per heavy atom. The standard InChI is InChI=1S/C10H22O3SSi/c1-4-11-15(12-5-2,13-6-3)10-8-7-9-14-10/h10H,4-9H2,1-3H3. The van der Waals surface area contributed by atoms with E-state index in [0.29, 0.717) is 24.7 Å². The first kappa shape index (κ1) is 13.5. The molecule has 0 aliphatic carbocycles. The van der Waals surface area contributed by atoms with E-state index >= 15 is 0 Å². The summed E-state index contributed by atoms with van der Waals surface area (Å²) in [5.74, 6) is 1.21. The van der Waals surface area contributed by atoms with Gasteiger partial charge in [-0.1, -0.05) is 0 Å². The number of rotatable bonds is 7. The molecule has 1 saturated heterocycles. The van der Waals surface area contributed by atoms with Crippen LogP contribution in [0.15, 0.2) is 0 Å². The van der Waals surface area contributed by atoms with Gasteiger partial charge in [0.15, 0.2) is 0 Å². The van der Waals surface area contributed by atoms with Crippen molar-refractivity contribution in [3.8, 4) is 0 Å². The minimum absolute atomic E-state index is 0.456. The first-order chi connectivity index (χ1) is 7.29. The molecule has 0 spiro atoms. The summed E-state index contributed by atoms with van der Waals surface area (Å²) in [6.45, 7) is 8.09. The maximum Gasteiger partial charge on any atom is 0.514 e. The molecule has 0 bridgehead atoms. The molecular weight excluding hydrogens is 228 g/mol. The predicted molar refractivity (Wildman–Crippen MR) is 66.1 cm³/mol. The van der Waals surface area contributed by atoms with Crippen molar-refractivity contribution in [1.82, 2.24) is 0 Å². The van der Waals surface area contributed by atoms with Crippen molar-refractivity contribution >= 4 is 20.6 Å². The maximum atomic E-state index is 5.87. The molecule has 15 heavy (non-hydrogen) atoms. The third-order valence-corrected chi connectivity index (χ3v) is 8.04. The summed E-state index contributed by atoms with van der Waals surface area (Å²) < 4.78 is 17.6. The molecule has 90 valence electrons. The Hall–Kier alpha value is 0.447. The second-order valence-electron chi connectivity index (χ2n) is 3.40. The Morgan fingerprint density at radius 1 is 1.07 bits per heavy atom. The average molecular weight is 250 g/mol. The molecule has 0 amide bonds. The van der Waals surface area contributed by atoms with E-state index in [4.69, 9.17) is 13.3 Å². The van der Waals surface area contributed by atoms with Gasteiger partial charge in [0.25, 0.3) is 0 Å². The van der Waals surface area contributed by atoms with E-state index in [1.165, 1.54) is 18.6 Å². The summed E-state index contributed by atoms with van der Waals surface area (Å²) in [4.78, 5) is 0.456. The van der Waals surface area contributed by atoms with E-state index in [-0.39, 0.29) is 0 Å². The van der Waals surface area contributed by atoms with Crippen molar-refractivity contribution in [2.45, 2.75) is 38.5 Å². The SMILES string of the molecule is CCO[Si](OCC)(OCC)C1CCCS1. The number of hydrogen-bond donors (Lipinski definition) is 0. The third-order valence-electron chi connectivity index (χ3n) is 2.36. The minimum Gasteiger partial charge on any atom is -0.373 e. The molecule has 5 heteroatoms. The van der Waals surface area contributed by atoms with Crippen LogP contribution in [0.5, 0.6) is 0 Å². The van der Waals surface area contributed by atoms with Gasteiger partial charge in [-0.05, 0) is 39.4 Å². The van der Waals surface area contributed by atoms with Gasteiger partial charge in [-0.2, -0.15) is 11.8 Å². The van der Waals surface area contributed by atoms with Crippen LogP contribution in [0.4, 0.5) is 0 Å². The maximum absolute atomic E-state index is 5.87. The van der Waals surface area contributed by atoms with Crippen LogP contribution in [0.25, 0.3) is 0 Å². The van der Waals surface area contributed by atoms with Crippen LogP contribution in [-0.2, 0) is 13.3 Å². The van der Waals surface area contributed by atoms with Crippen molar-refractivity contribution in [2.24, 2.45) is 0 Å². The Balaban J connectivity index is 2.68. The molecule has 1 rings (SSSR count). The molecule has 0 aromatic heterocycles. The molecule has 0 saturated carbocycles. The second-order valence-corrected chi connectivity index (χ2v) is 7.90. The van der Waals surface area contributed by atoms with Gasteiger partial charge in [-0.15, -0.1) is 0 Å². The highest BCUT2D eigenvalue weighted by atomic mass is 32.2. The fourth-order valence-electron chi connectivity index (χ4n) is 1.86. The van der Waals surface area contributed by atoms with Crippen LogP contribution in [0.2, 0.25) is 0 Å². The number of hydrogen-bond acceptors (Lipinski definition) is 4. The van der Waals surface area contributed by atoms with Gasteiger partial charge in [-0.25, -0.2) is 0 Å². The Morgan fingerprint density at radius 3 is 1.93 bits per heavy atom. The third kappa shape index (κ3) is 3.46. The molecular formula is C10H22O3SSi. The largest absolute Gasteiger partial charge is 0.514 e. The molecule has 3 nitrogen and oxygen atoms in total. The normalized spacial score (nSPS) is 22.2. The lowest BCUT2D eigenvalue weighted by Gasteiger charge is -2.32. The molecule has 0 N–H and O–H groups in total. The summed E-state index contributed by atoms with van der Waals surface area (Å²) in [6.07, 6.45) is 2.44. The average Bonchev–Trinajstić information content (AvgIpc) is 2.72. The fraction of sp³-hybridized carbons (Fsp3) is 1.00. The zero-order chi connectivity index (χ0) is 11.1. The van der Waals surface area contributed by atoms with Crippen molar-refractivity contribution in [1.29, 1.82) is 0 Å². The Bertz CT molecular complexity index is 157.